The second kappa shape index (κ2) is 10.1. The number of hydrogen-bond donors (Lipinski definition) is 1. The van der Waals surface area contributed by atoms with E-state index < -0.39 is 0 Å². The van der Waals surface area contributed by atoms with E-state index in [1.165, 1.54) is 5.56 Å². The fraction of sp³-hybridized carbons (Fsp3) is 0.194. The number of hydrogen-bond acceptors (Lipinski definition) is 5. The molecule has 1 amide bonds. The van der Waals surface area contributed by atoms with Crippen LogP contribution >= 0.6 is 0 Å². The van der Waals surface area contributed by atoms with Crippen molar-refractivity contribution in [2.75, 3.05) is 36.5 Å². The van der Waals surface area contributed by atoms with Crippen LogP contribution in [0.25, 0.3) is 28.0 Å². The molecule has 2 aromatic heterocycles. The third-order valence-corrected chi connectivity index (χ3v) is 6.91. The molecule has 38 heavy (non-hydrogen) atoms. The van der Waals surface area contributed by atoms with Gasteiger partial charge < -0.3 is 15.0 Å². The van der Waals surface area contributed by atoms with E-state index in [9.17, 15) is 4.79 Å². The number of pyridine rings is 1. The molecule has 7 heteroatoms. The second-order valence-electron chi connectivity index (χ2n) is 9.52. The molecule has 0 aliphatic carbocycles. The molecule has 1 fully saturated rings. The maximum absolute atomic E-state index is 14.0. The molecule has 190 valence electrons. The lowest BCUT2D eigenvalue weighted by atomic mass is 10.0. The van der Waals surface area contributed by atoms with E-state index in [0.717, 1.165) is 52.5 Å². The number of nitrogens with one attached hydrogen (secondary N) is 1. The van der Waals surface area contributed by atoms with E-state index in [2.05, 4.69) is 29.3 Å². The zero-order valence-corrected chi connectivity index (χ0v) is 21.5. The fourth-order valence-electron chi connectivity index (χ4n) is 4.94. The van der Waals surface area contributed by atoms with Crippen molar-refractivity contribution in [3.63, 3.8) is 0 Å². The molecule has 6 rings (SSSR count). The van der Waals surface area contributed by atoms with Crippen molar-refractivity contribution in [3.05, 3.63) is 102 Å². The molecule has 0 unspecified atom stereocenters. The van der Waals surface area contributed by atoms with Gasteiger partial charge in [-0.1, -0.05) is 60.2 Å². The normalized spacial score (nSPS) is 13.6. The van der Waals surface area contributed by atoms with E-state index in [-0.39, 0.29) is 5.91 Å². The van der Waals surface area contributed by atoms with Crippen LogP contribution in [-0.2, 0) is 4.74 Å². The van der Waals surface area contributed by atoms with E-state index in [4.69, 9.17) is 14.8 Å². The van der Waals surface area contributed by atoms with E-state index in [0.29, 0.717) is 24.4 Å². The Labute approximate surface area is 221 Å². The number of carbonyl (C=O) groups is 1. The first-order chi connectivity index (χ1) is 18.6. The molecular weight excluding hydrogens is 474 g/mol. The lowest BCUT2D eigenvalue weighted by molar-refractivity contribution is 0.102. The molecule has 1 N–H and O–H groups in total. The van der Waals surface area contributed by atoms with E-state index in [1.807, 2.05) is 84.4 Å². The summed E-state index contributed by atoms with van der Waals surface area (Å²) in [7, 11) is 0. The Morgan fingerprint density at radius 2 is 1.61 bits per heavy atom. The summed E-state index contributed by atoms with van der Waals surface area (Å²) in [5.74, 6) is -0.193. The van der Waals surface area contributed by atoms with Gasteiger partial charge in [-0.3, -0.25) is 4.79 Å². The molecular formula is C31H29N5O2. The third-order valence-electron chi connectivity index (χ3n) is 6.91. The Morgan fingerprint density at radius 3 is 2.37 bits per heavy atom. The minimum absolute atomic E-state index is 0.193. The summed E-state index contributed by atoms with van der Waals surface area (Å²) in [6.45, 7) is 6.89. The van der Waals surface area contributed by atoms with Crippen LogP contribution in [0.15, 0.2) is 84.9 Å². The summed E-state index contributed by atoms with van der Waals surface area (Å²) in [5.41, 5.74) is 7.43. The van der Waals surface area contributed by atoms with E-state index >= 15 is 0 Å². The van der Waals surface area contributed by atoms with Crippen LogP contribution in [0.3, 0.4) is 0 Å². The van der Waals surface area contributed by atoms with Crippen molar-refractivity contribution in [1.29, 1.82) is 0 Å². The predicted octanol–water partition coefficient (Wildman–Crippen LogP) is 5.79. The first-order valence-electron chi connectivity index (χ1n) is 12.8. The number of nitrogens with zero attached hydrogens (tertiary/aromatic N) is 4. The summed E-state index contributed by atoms with van der Waals surface area (Å²) >= 11 is 0. The highest BCUT2D eigenvalue weighted by molar-refractivity contribution is 6.14. The number of carbonyl (C=O) groups excluding carboxylic acids is 1. The molecule has 0 spiro atoms. The topological polar surface area (TPSA) is 72.3 Å². The molecule has 7 nitrogen and oxygen atoms in total. The first-order valence-corrected chi connectivity index (χ1v) is 12.8. The Bertz CT molecular complexity index is 1600. The number of ether oxygens (including phenoxy) is 1. The number of aromatic nitrogens is 3. The van der Waals surface area contributed by atoms with Gasteiger partial charge in [-0.05, 0) is 44.2 Å². The van der Waals surface area contributed by atoms with Gasteiger partial charge >= 0.3 is 0 Å². The molecule has 3 aromatic carbocycles. The molecule has 0 saturated carbocycles. The van der Waals surface area contributed by atoms with Gasteiger partial charge in [0, 0.05) is 18.7 Å². The molecule has 1 saturated heterocycles. The van der Waals surface area contributed by atoms with Crippen LogP contribution in [0.5, 0.6) is 0 Å². The van der Waals surface area contributed by atoms with Crippen molar-refractivity contribution in [2.45, 2.75) is 13.8 Å². The third kappa shape index (κ3) is 4.53. The predicted molar refractivity (Wildman–Crippen MR) is 151 cm³/mol. The second-order valence-corrected chi connectivity index (χ2v) is 9.52. The highest BCUT2D eigenvalue weighted by atomic mass is 16.5. The maximum Gasteiger partial charge on any atom is 0.256 e. The number of morpholine rings is 1. The summed E-state index contributed by atoms with van der Waals surface area (Å²) < 4.78 is 7.36. The molecule has 0 atom stereocenters. The largest absolute Gasteiger partial charge is 0.378 e. The minimum atomic E-state index is -0.193. The van der Waals surface area contributed by atoms with Gasteiger partial charge in [0.25, 0.3) is 5.91 Å². The average Bonchev–Trinajstić information content (AvgIpc) is 3.30. The quantitative estimate of drug-likeness (QED) is 0.329. The number of benzene rings is 3. The van der Waals surface area contributed by atoms with Crippen LogP contribution in [0.2, 0.25) is 0 Å². The van der Waals surface area contributed by atoms with Crippen LogP contribution in [-0.4, -0.2) is 47.0 Å². The summed E-state index contributed by atoms with van der Waals surface area (Å²) in [6, 6.07) is 27.9. The molecule has 1 aliphatic rings. The van der Waals surface area contributed by atoms with Gasteiger partial charge in [-0.15, -0.1) is 0 Å². The smallest absolute Gasteiger partial charge is 0.256 e. The Kier molecular flexibility index (Phi) is 6.35. The molecule has 0 radical (unpaired) electrons. The van der Waals surface area contributed by atoms with Crippen molar-refractivity contribution in [1.82, 2.24) is 14.8 Å². The number of para-hydroxylation sites is 2. The highest BCUT2D eigenvalue weighted by Crippen LogP contribution is 2.31. The molecule has 5 aromatic rings. The zero-order valence-electron chi connectivity index (χ0n) is 21.5. The van der Waals surface area contributed by atoms with Crippen LogP contribution in [0.1, 0.15) is 21.6 Å². The van der Waals surface area contributed by atoms with Gasteiger partial charge in [0.2, 0.25) is 0 Å². The van der Waals surface area contributed by atoms with E-state index in [1.54, 1.807) is 0 Å². The number of aryl methyl sites for hydroxylation is 2. The summed E-state index contributed by atoms with van der Waals surface area (Å²) in [4.78, 5) is 21.2. The van der Waals surface area contributed by atoms with Gasteiger partial charge in [-0.25, -0.2) is 9.67 Å². The Hall–Kier alpha value is -4.49. The Balaban J connectivity index is 1.48. The maximum atomic E-state index is 14.0. The average molecular weight is 504 g/mol. The SMILES string of the molecule is Cc1ccc(-n2nc(C)c3c(C(=O)Nc4ccccc4N4CCOCC4)cc(-c4ccccc4)nc32)cc1. The Morgan fingerprint density at radius 1 is 0.895 bits per heavy atom. The fourth-order valence-corrected chi connectivity index (χ4v) is 4.94. The van der Waals surface area contributed by atoms with Crippen molar-refractivity contribution in [3.8, 4) is 16.9 Å². The number of rotatable bonds is 5. The van der Waals surface area contributed by atoms with Gasteiger partial charge in [-0.2, -0.15) is 5.10 Å². The van der Waals surface area contributed by atoms with Gasteiger partial charge in [0.1, 0.15) is 0 Å². The number of anilines is 2. The lowest BCUT2D eigenvalue weighted by Crippen LogP contribution is -2.36. The zero-order chi connectivity index (χ0) is 26.1. The van der Waals surface area contributed by atoms with Crippen molar-refractivity contribution < 1.29 is 9.53 Å². The lowest BCUT2D eigenvalue weighted by Gasteiger charge is -2.30. The first kappa shape index (κ1) is 23.9. The van der Waals surface area contributed by atoms with Crippen molar-refractivity contribution >= 4 is 28.3 Å². The molecule has 1 aliphatic heterocycles. The van der Waals surface area contributed by atoms with Crippen LogP contribution in [0.4, 0.5) is 11.4 Å². The molecule has 0 bridgehead atoms. The van der Waals surface area contributed by atoms with Gasteiger partial charge in [0.15, 0.2) is 5.65 Å². The summed E-state index contributed by atoms with van der Waals surface area (Å²) in [5, 5.41) is 8.75. The number of fused-ring (bicyclic) bond motifs is 1. The monoisotopic (exact) mass is 503 g/mol. The highest BCUT2D eigenvalue weighted by Gasteiger charge is 2.23. The summed E-state index contributed by atoms with van der Waals surface area (Å²) in [6.07, 6.45) is 0. The van der Waals surface area contributed by atoms with Gasteiger partial charge in [0.05, 0.1) is 52.6 Å². The molecule has 3 heterocycles. The standard InChI is InChI=1S/C31H29N5O2/c1-21-12-14-24(15-13-21)36-30-29(22(2)34-36)25(20-27(32-30)23-8-4-3-5-9-23)31(37)33-26-10-6-7-11-28(26)35-16-18-38-19-17-35/h3-15,20H,16-19H2,1-2H3,(H,33,37). The van der Waals surface area contributed by atoms with Crippen molar-refractivity contribution in [2.24, 2.45) is 0 Å². The number of amides is 1. The van der Waals surface area contributed by atoms with Crippen LogP contribution in [0, 0.1) is 13.8 Å². The van der Waals surface area contributed by atoms with Crippen LogP contribution < -0.4 is 10.2 Å². The minimum Gasteiger partial charge on any atom is -0.378 e.